The van der Waals surface area contributed by atoms with E-state index in [1.165, 1.54) is 24.9 Å². The summed E-state index contributed by atoms with van der Waals surface area (Å²) in [7, 11) is 0. The van der Waals surface area contributed by atoms with Crippen molar-refractivity contribution >= 4 is 63.5 Å². The number of benzene rings is 1. The molecule has 1 unspecified atom stereocenters. The maximum atomic E-state index is 10.8. The molecule has 0 amide bonds. The number of hydrazone groups is 2. The number of carbonyl (C=O) groups is 1. The SMILES string of the molecule is CSC(=S)NN=CC(=NNC(=S)NC(C)C(=O)O)c1ccccc1. The van der Waals surface area contributed by atoms with E-state index in [-0.39, 0.29) is 5.11 Å². The lowest BCUT2D eigenvalue weighted by Crippen LogP contribution is -2.42. The molecule has 128 valence electrons. The summed E-state index contributed by atoms with van der Waals surface area (Å²) in [6, 6.07) is 8.50. The summed E-state index contributed by atoms with van der Waals surface area (Å²) in [6.07, 6.45) is 3.33. The lowest BCUT2D eigenvalue weighted by molar-refractivity contribution is -0.138. The Balaban J connectivity index is 2.83. The Kier molecular flexibility index (Phi) is 8.90. The highest BCUT2D eigenvalue weighted by atomic mass is 32.2. The number of nitrogens with one attached hydrogen (secondary N) is 3. The molecule has 0 aromatic heterocycles. The van der Waals surface area contributed by atoms with Crippen molar-refractivity contribution in [3.63, 3.8) is 0 Å². The Morgan fingerprint density at radius 3 is 2.54 bits per heavy atom. The van der Waals surface area contributed by atoms with Crippen LogP contribution in [0, 0.1) is 0 Å². The third kappa shape index (κ3) is 7.49. The van der Waals surface area contributed by atoms with Crippen LogP contribution >= 0.6 is 36.2 Å². The number of carboxylic acids is 1. The van der Waals surface area contributed by atoms with Gasteiger partial charge in [0.05, 0.1) is 6.21 Å². The van der Waals surface area contributed by atoms with Crippen molar-refractivity contribution in [3.8, 4) is 0 Å². The standard InChI is InChI=1S/C14H17N5O2S3/c1-9(12(20)21)16-13(22)18-17-11(8-15-19-14(23)24-2)10-6-4-3-5-7-10/h3-9H,1-2H3,(H,19,23)(H,20,21)(H2,16,18,22). The van der Waals surface area contributed by atoms with E-state index in [0.29, 0.717) is 10.0 Å². The van der Waals surface area contributed by atoms with Crippen molar-refractivity contribution < 1.29 is 9.90 Å². The van der Waals surface area contributed by atoms with E-state index in [1.54, 1.807) is 0 Å². The molecule has 1 atom stereocenters. The van der Waals surface area contributed by atoms with E-state index >= 15 is 0 Å². The van der Waals surface area contributed by atoms with Crippen LogP contribution in [0.25, 0.3) is 0 Å². The van der Waals surface area contributed by atoms with Crippen molar-refractivity contribution in [1.82, 2.24) is 16.2 Å². The second-order valence-electron chi connectivity index (χ2n) is 4.37. The van der Waals surface area contributed by atoms with Crippen molar-refractivity contribution in [3.05, 3.63) is 35.9 Å². The molecule has 0 saturated carbocycles. The van der Waals surface area contributed by atoms with Gasteiger partial charge < -0.3 is 10.4 Å². The molecule has 1 aromatic rings. The van der Waals surface area contributed by atoms with Gasteiger partial charge in [-0.25, -0.2) is 0 Å². The summed E-state index contributed by atoms with van der Waals surface area (Å²) >= 11 is 11.4. The van der Waals surface area contributed by atoms with Gasteiger partial charge in [0, 0.05) is 5.56 Å². The van der Waals surface area contributed by atoms with Crippen LogP contribution in [-0.4, -0.2) is 44.7 Å². The molecule has 24 heavy (non-hydrogen) atoms. The number of hydrogen-bond donors (Lipinski definition) is 4. The molecule has 0 saturated heterocycles. The molecule has 0 heterocycles. The first-order valence-electron chi connectivity index (χ1n) is 6.73. The van der Waals surface area contributed by atoms with Crippen LogP contribution in [0.3, 0.4) is 0 Å². The molecule has 0 aliphatic carbocycles. The van der Waals surface area contributed by atoms with Crippen LogP contribution in [0.5, 0.6) is 0 Å². The molecule has 1 aromatic carbocycles. The fourth-order valence-electron chi connectivity index (χ4n) is 1.37. The normalized spacial score (nSPS) is 12.5. The highest BCUT2D eigenvalue weighted by Crippen LogP contribution is 2.00. The van der Waals surface area contributed by atoms with Gasteiger partial charge in [-0.3, -0.25) is 15.6 Å². The largest absolute Gasteiger partial charge is 0.480 e. The fraction of sp³-hybridized carbons (Fsp3) is 0.214. The van der Waals surface area contributed by atoms with Gasteiger partial charge in [0.2, 0.25) is 0 Å². The summed E-state index contributed by atoms with van der Waals surface area (Å²) in [5, 5.41) is 19.7. The van der Waals surface area contributed by atoms with Crippen LogP contribution in [0.4, 0.5) is 0 Å². The molecule has 4 N–H and O–H groups in total. The number of aliphatic carboxylic acids is 1. The number of hydrogen-bond acceptors (Lipinski definition) is 6. The summed E-state index contributed by atoms with van der Waals surface area (Å²) in [5.74, 6) is -1.01. The smallest absolute Gasteiger partial charge is 0.325 e. The zero-order valence-corrected chi connectivity index (χ0v) is 15.5. The van der Waals surface area contributed by atoms with Gasteiger partial charge in [0.1, 0.15) is 11.8 Å². The first-order valence-corrected chi connectivity index (χ1v) is 8.77. The second-order valence-corrected chi connectivity index (χ2v) is 6.26. The number of thiocarbonyl (C=S) groups is 2. The van der Waals surface area contributed by atoms with Crippen LogP contribution < -0.4 is 16.2 Å². The van der Waals surface area contributed by atoms with Gasteiger partial charge in [-0.2, -0.15) is 10.2 Å². The van der Waals surface area contributed by atoms with E-state index in [2.05, 4.69) is 26.4 Å². The van der Waals surface area contributed by atoms with E-state index in [4.69, 9.17) is 29.5 Å². The molecular formula is C14H17N5O2S3. The maximum Gasteiger partial charge on any atom is 0.325 e. The molecule has 1 rings (SSSR count). The van der Waals surface area contributed by atoms with Gasteiger partial charge in [-0.1, -0.05) is 54.3 Å². The molecule has 0 aliphatic heterocycles. The zero-order valence-electron chi connectivity index (χ0n) is 13.0. The predicted octanol–water partition coefficient (Wildman–Crippen LogP) is 1.55. The minimum absolute atomic E-state index is 0.0966. The maximum absolute atomic E-state index is 10.8. The summed E-state index contributed by atoms with van der Waals surface area (Å²) in [4.78, 5) is 10.8. The van der Waals surface area contributed by atoms with Crippen molar-refractivity contribution in [2.45, 2.75) is 13.0 Å². The van der Waals surface area contributed by atoms with Crippen molar-refractivity contribution in [2.75, 3.05) is 6.26 Å². The minimum atomic E-state index is -1.01. The Hall–Kier alpha value is -2.04. The number of carboxylic acid groups (broad SMARTS) is 1. The minimum Gasteiger partial charge on any atom is -0.480 e. The van der Waals surface area contributed by atoms with Crippen molar-refractivity contribution in [1.29, 1.82) is 0 Å². The Morgan fingerprint density at radius 1 is 1.29 bits per heavy atom. The Morgan fingerprint density at radius 2 is 1.96 bits per heavy atom. The second kappa shape index (κ2) is 10.7. The summed E-state index contributed by atoms with van der Waals surface area (Å²) in [5.41, 5.74) is 6.61. The fourth-order valence-corrected chi connectivity index (χ4v) is 1.79. The van der Waals surface area contributed by atoms with E-state index in [0.717, 1.165) is 5.56 Å². The Labute approximate surface area is 155 Å². The molecule has 0 aliphatic rings. The first kappa shape index (κ1) is 20.0. The van der Waals surface area contributed by atoms with Gasteiger partial charge in [-0.05, 0) is 25.4 Å². The van der Waals surface area contributed by atoms with Gasteiger partial charge >= 0.3 is 5.97 Å². The van der Waals surface area contributed by atoms with Gasteiger partial charge in [0.15, 0.2) is 9.43 Å². The van der Waals surface area contributed by atoms with E-state index in [9.17, 15) is 4.79 Å². The van der Waals surface area contributed by atoms with Crippen LogP contribution in [-0.2, 0) is 4.79 Å². The quantitative estimate of drug-likeness (QED) is 0.334. The van der Waals surface area contributed by atoms with Gasteiger partial charge in [-0.15, -0.1) is 0 Å². The van der Waals surface area contributed by atoms with Gasteiger partial charge in [0.25, 0.3) is 0 Å². The predicted molar refractivity (Wildman–Crippen MR) is 107 cm³/mol. The zero-order chi connectivity index (χ0) is 17.9. The monoisotopic (exact) mass is 383 g/mol. The third-order valence-electron chi connectivity index (χ3n) is 2.59. The number of thioether (sulfide) groups is 1. The Bertz CT molecular complexity index is 649. The lowest BCUT2D eigenvalue weighted by atomic mass is 10.1. The molecule has 0 bridgehead atoms. The summed E-state index contributed by atoms with van der Waals surface area (Å²) < 4.78 is 0.527. The van der Waals surface area contributed by atoms with Crippen LogP contribution in [0.2, 0.25) is 0 Å². The molecule has 0 fully saturated rings. The average Bonchev–Trinajstić information content (AvgIpc) is 2.58. The average molecular weight is 384 g/mol. The summed E-state index contributed by atoms with van der Waals surface area (Å²) in [6.45, 7) is 1.48. The molecular weight excluding hydrogens is 366 g/mol. The van der Waals surface area contributed by atoms with E-state index in [1.807, 2.05) is 36.6 Å². The topological polar surface area (TPSA) is 98.1 Å². The third-order valence-corrected chi connectivity index (χ3v) is 3.86. The lowest BCUT2D eigenvalue weighted by Gasteiger charge is -2.11. The number of nitrogens with zero attached hydrogens (tertiary/aromatic N) is 2. The van der Waals surface area contributed by atoms with Crippen molar-refractivity contribution in [2.24, 2.45) is 10.2 Å². The van der Waals surface area contributed by atoms with E-state index < -0.39 is 12.0 Å². The molecule has 7 nitrogen and oxygen atoms in total. The highest BCUT2D eigenvalue weighted by molar-refractivity contribution is 8.22. The highest BCUT2D eigenvalue weighted by Gasteiger charge is 2.11. The molecule has 10 heteroatoms. The molecule has 0 spiro atoms. The number of rotatable bonds is 6. The first-order chi connectivity index (χ1) is 11.4. The van der Waals surface area contributed by atoms with Crippen LogP contribution in [0.1, 0.15) is 12.5 Å². The molecule has 0 radical (unpaired) electrons. The van der Waals surface area contributed by atoms with Crippen LogP contribution in [0.15, 0.2) is 40.5 Å².